The molecular weight excluding hydrogens is 322 g/mol. The first-order valence-electron chi connectivity index (χ1n) is 10.7. The molecule has 0 spiro atoms. The van der Waals surface area contributed by atoms with E-state index in [0.717, 1.165) is 37.1 Å². The zero-order valence-corrected chi connectivity index (χ0v) is 16.3. The molecule has 1 aliphatic heterocycles. The average Bonchev–Trinajstić information content (AvgIpc) is 2.59. The van der Waals surface area contributed by atoms with Crippen LogP contribution < -0.4 is 5.32 Å². The Hall–Kier alpha value is -1.50. The molecular formula is C22H33N3O. The highest BCUT2D eigenvalue weighted by Gasteiger charge is 2.53. The summed E-state index contributed by atoms with van der Waals surface area (Å²) in [5.74, 6) is 2.45. The number of likely N-dealkylation sites (tertiary alicyclic amines) is 1. The van der Waals surface area contributed by atoms with Gasteiger partial charge in [-0.3, -0.25) is 4.79 Å². The maximum absolute atomic E-state index is 12.8. The molecule has 0 radical (unpaired) electrons. The lowest BCUT2D eigenvalue weighted by Crippen LogP contribution is -2.56. The summed E-state index contributed by atoms with van der Waals surface area (Å²) >= 11 is 0. The molecule has 1 amide bonds. The fourth-order valence-electron chi connectivity index (χ4n) is 6.75. The number of amides is 1. The minimum atomic E-state index is -0.173. The monoisotopic (exact) mass is 355 g/mol. The molecule has 142 valence electrons. The average molecular weight is 356 g/mol. The third kappa shape index (κ3) is 3.26. The zero-order valence-electron chi connectivity index (χ0n) is 16.3. The second-order valence-electron chi connectivity index (χ2n) is 9.71. The van der Waals surface area contributed by atoms with Gasteiger partial charge in [-0.15, -0.1) is 0 Å². The number of hydrogen-bond acceptors (Lipinski definition) is 3. The van der Waals surface area contributed by atoms with E-state index < -0.39 is 0 Å². The minimum Gasteiger partial charge on any atom is -0.373 e. The zero-order chi connectivity index (χ0) is 18.3. The van der Waals surface area contributed by atoms with Crippen molar-refractivity contribution in [2.45, 2.75) is 83.7 Å². The molecule has 2 unspecified atom stereocenters. The lowest BCUT2D eigenvalue weighted by molar-refractivity contribution is -0.122. The van der Waals surface area contributed by atoms with Crippen molar-refractivity contribution in [2.24, 2.45) is 23.2 Å². The largest absolute Gasteiger partial charge is 0.373 e. The van der Waals surface area contributed by atoms with Gasteiger partial charge in [-0.25, -0.2) is 0 Å². The molecule has 1 N–H and O–H groups in total. The van der Waals surface area contributed by atoms with Gasteiger partial charge in [-0.1, -0.05) is 0 Å². The van der Waals surface area contributed by atoms with Crippen LogP contribution in [0.1, 0.15) is 71.6 Å². The SMILES string of the molecule is CC1CCCCN1/C=C(/C#N)C(=O)NC(C)C12CC3CC(CC(C3)C1)C2. The number of carbonyl (C=O) groups excluding carboxylic acids is 1. The van der Waals surface area contributed by atoms with E-state index in [0.29, 0.717) is 6.04 Å². The molecule has 4 bridgehead atoms. The van der Waals surface area contributed by atoms with Gasteiger partial charge in [-0.05, 0) is 94.8 Å². The highest BCUT2D eigenvalue weighted by Crippen LogP contribution is 2.61. The Morgan fingerprint density at radius 3 is 2.35 bits per heavy atom. The number of nitriles is 1. The summed E-state index contributed by atoms with van der Waals surface area (Å²) in [6.07, 6.45) is 13.4. The molecule has 4 saturated carbocycles. The third-order valence-corrected chi connectivity index (χ3v) is 7.87. The summed E-state index contributed by atoms with van der Waals surface area (Å²) < 4.78 is 0. The number of rotatable bonds is 4. The van der Waals surface area contributed by atoms with E-state index in [9.17, 15) is 10.1 Å². The molecule has 1 saturated heterocycles. The highest BCUT2D eigenvalue weighted by atomic mass is 16.1. The molecule has 4 aliphatic carbocycles. The van der Waals surface area contributed by atoms with E-state index in [1.54, 1.807) is 0 Å². The Morgan fingerprint density at radius 2 is 1.81 bits per heavy atom. The van der Waals surface area contributed by atoms with Crippen molar-refractivity contribution in [3.05, 3.63) is 11.8 Å². The molecule has 5 fully saturated rings. The van der Waals surface area contributed by atoms with Crippen molar-refractivity contribution in [1.29, 1.82) is 5.26 Å². The smallest absolute Gasteiger partial charge is 0.263 e. The third-order valence-electron chi connectivity index (χ3n) is 7.87. The molecule has 5 aliphatic rings. The molecule has 2 atom stereocenters. The van der Waals surface area contributed by atoms with Crippen molar-refractivity contribution in [3.8, 4) is 6.07 Å². The van der Waals surface area contributed by atoms with E-state index in [4.69, 9.17) is 0 Å². The molecule has 4 heteroatoms. The van der Waals surface area contributed by atoms with Gasteiger partial charge < -0.3 is 10.2 Å². The van der Waals surface area contributed by atoms with Crippen LogP contribution in [0.25, 0.3) is 0 Å². The predicted molar refractivity (Wildman–Crippen MR) is 102 cm³/mol. The Labute approximate surface area is 158 Å². The van der Waals surface area contributed by atoms with Crippen LogP contribution in [0.15, 0.2) is 11.8 Å². The summed E-state index contributed by atoms with van der Waals surface area (Å²) in [4.78, 5) is 15.0. The summed E-state index contributed by atoms with van der Waals surface area (Å²) in [6.45, 7) is 5.31. The summed E-state index contributed by atoms with van der Waals surface area (Å²) in [7, 11) is 0. The summed E-state index contributed by atoms with van der Waals surface area (Å²) in [5, 5.41) is 12.8. The van der Waals surface area contributed by atoms with Crippen LogP contribution in [-0.2, 0) is 4.79 Å². The van der Waals surface area contributed by atoms with E-state index in [2.05, 4.69) is 30.1 Å². The molecule has 1 heterocycles. The molecule has 26 heavy (non-hydrogen) atoms. The first-order chi connectivity index (χ1) is 12.5. The lowest BCUT2D eigenvalue weighted by Gasteiger charge is -2.59. The van der Waals surface area contributed by atoms with Gasteiger partial charge in [-0.2, -0.15) is 5.26 Å². The van der Waals surface area contributed by atoms with Crippen molar-refractivity contribution in [3.63, 3.8) is 0 Å². The topological polar surface area (TPSA) is 56.1 Å². The van der Waals surface area contributed by atoms with Gasteiger partial charge in [0, 0.05) is 24.8 Å². The quantitative estimate of drug-likeness (QED) is 0.613. The first-order valence-corrected chi connectivity index (χ1v) is 10.7. The highest BCUT2D eigenvalue weighted by molar-refractivity contribution is 5.97. The summed E-state index contributed by atoms with van der Waals surface area (Å²) in [5.41, 5.74) is 0.555. The van der Waals surface area contributed by atoms with Gasteiger partial charge in [0.25, 0.3) is 5.91 Å². The van der Waals surface area contributed by atoms with Crippen LogP contribution in [0.4, 0.5) is 0 Å². The van der Waals surface area contributed by atoms with Crippen LogP contribution in [0.2, 0.25) is 0 Å². The Morgan fingerprint density at radius 1 is 1.19 bits per heavy atom. The maximum atomic E-state index is 12.8. The second-order valence-corrected chi connectivity index (χ2v) is 9.71. The van der Waals surface area contributed by atoms with E-state index in [-0.39, 0.29) is 22.9 Å². The fraction of sp³-hybridized carbons (Fsp3) is 0.818. The van der Waals surface area contributed by atoms with E-state index >= 15 is 0 Å². The van der Waals surface area contributed by atoms with Gasteiger partial charge in [0.2, 0.25) is 0 Å². The Bertz CT molecular complexity index is 597. The molecule has 5 rings (SSSR count). The normalized spacial score (nSPS) is 40.2. The number of piperidine rings is 1. The fourth-order valence-corrected chi connectivity index (χ4v) is 6.75. The van der Waals surface area contributed by atoms with Crippen molar-refractivity contribution in [1.82, 2.24) is 10.2 Å². The van der Waals surface area contributed by atoms with Gasteiger partial charge >= 0.3 is 0 Å². The number of carbonyl (C=O) groups is 1. The van der Waals surface area contributed by atoms with Gasteiger partial charge in [0.1, 0.15) is 11.6 Å². The summed E-state index contributed by atoms with van der Waals surface area (Å²) in [6, 6.07) is 2.74. The molecule has 0 aromatic rings. The minimum absolute atomic E-state index is 0.166. The Balaban J connectivity index is 1.44. The molecule has 0 aromatic heterocycles. The Kier molecular flexibility index (Phi) is 4.75. The number of nitrogens with one attached hydrogen (secondary N) is 1. The van der Waals surface area contributed by atoms with Crippen LogP contribution in [0.3, 0.4) is 0 Å². The number of hydrogen-bond donors (Lipinski definition) is 1. The molecule has 0 aromatic carbocycles. The lowest BCUT2D eigenvalue weighted by atomic mass is 9.48. The standard InChI is InChI=1S/C22H33N3O/c1-15-5-3-4-6-25(15)14-20(13-23)21(26)24-16(2)22-10-17-7-18(11-22)9-19(8-17)12-22/h14-19H,3-12H2,1-2H3,(H,24,26)/b20-14-. The van der Waals surface area contributed by atoms with E-state index in [1.165, 1.54) is 44.9 Å². The van der Waals surface area contributed by atoms with Gasteiger partial charge in [0.05, 0.1) is 0 Å². The van der Waals surface area contributed by atoms with Crippen LogP contribution >= 0.6 is 0 Å². The van der Waals surface area contributed by atoms with Crippen LogP contribution in [0, 0.1) is 34.5 Å². The van der Waals surface area contributed by atoms with Crippen LogP contribution in [0.5, 0.6) is 0 Å². The molecule has 4 nitrogen and oxygen atoms in total. The van der Waals surface area contributed by atoms with E-state index in [1.807, 2.05) is 6.20 Å². The van der Waals surface area contributed by atoms with Crippen molar-refractivity contribution < 1.29 is 4.79 Å². The van der Waals surface area contributed by atoms with Crippen molar-refractivity contribution in [2.75, 3.05) is 6.54 Å². The first kappa shape index (κ1) is 17.9. The van der Waals surface area contributed by atoms with Gasteiger partial charge in [0.15, 0.2) is 0 Å². The van der Waals surface area contributed by atoms with Crippen LogP contribution in [-0.4, -0.2) is 29.4 Å². The van der Waals surface area contributed by atoms with Crippen molar-refractivity contribution >= 4 is 5.91 Å². The predicted octanol–water partition coefficient (Wildman–Crippen LogP) is 3.99. The second kappa shape index (κ2) is 6.91. The number of nitrogens with zero attached hydrogens (tertiary/aromatic N) is 2. The maximum Gasteiger partial charge on any atom is 0.263 e.